The minimum atomic E-state index is -0.574. The largest absolute Gasteiger partial charge is 0.352 e. The Morgan fingerprint density at radius 1 is 1.26 bits per heavy atom. The number of carbonyl (C=O) groups excluding carboxylic acids is 3. The van der Waals surface area contributed by atoms with E-state index in [0.717, 1.165) is 25.3 Å². The standard InChI is InChI=1S/C11H13NO.C10H16N2O2.C6H13N/c13-8-12-11-7-3-5-9-4-1-2-6-10(9)11;1-4-6-8(7-13)12-10(14)9(5-2)11-3;1-6-4-3-5-7(6)2/h1-2,4,6,8,11H,3,5,7H2,(H,12,13);1,7-9,11H,5-6H2,2-3H3,(H,12,14);6H,3-5H2,1-2H3. The van der Waals surface area contributed by atoms with Gasteiger partial charge in [0.25, 0.3) is 0 Å². The Kier molecular flexibility index (Phi) is 14.5. The number of likely N-dealkylation sites (N-methyl/N-ethyl adjacent to an activating group) is 1. The SMILES string of the molecule is C#CCC(C=O)NC(=O)C(CC)NC.CC1CCCN1C.O=CNC1CCCc2ccccc21. The molecule has 188 valence electrons. The van der Waals surface area contributed by atoms with Crippen LogP contribution in [0.2, 0.25) is 0 Å². The summed E-state index contributed by atoms with van der Waals surface area (Å²) in [6.45, 7) is 5.48. The van der Waals surface area contributed by atoms with E-state index >= 15 is 0 Å². The molecular formula is C27H42N4O3. The summed E-state index contributed by atoms with van der Waals surface area (Å²) in [5.41, 5.74) is 2.67. The Bertz CT molecular complexity index is 780. The zero-order valence-electron chi connectivity index (χ0n) is 21.2. The molecule has 0 bridgehead atoms. The number of aryl methyl sites for hydroxylation is 1. The molecule has 4 unspecified atom stereocenters. The summed E-state index contributed by atoms with van der Waals surface area (Å²) in [4.78, 5) is 34.7. The molecule has 0 saturated carbocycles. The summed E-state index contributed by atoms with van der Waals surface area (Å²) < 4.78 is 0. The number of terminal acetylenes is 1. The number of aldehydes is 1. The van der Waals surface area contributed by atoms with Crippen LogP contribution < -0.4 is 16.0 Å². The molecule has 2 amide bonds. The molecule has 7 heteroatoms. The first-order chi connectivity index (χ1) is 16.4. The number of rotatable bonds is 8. The molecule has 0 aromatic heterocycles. The van der Waals surface area contributed by atoms with Crippen molar-refractivity contribution < 1.29 is 14.4 Å². The molecule has 1 heterocycles. The van der Waals surface area contributed by atoms with E-state index in [1.807, 2.05) is 13.0 Å². The van der Waals surface area contributed by atoms with Gasteiger partial charge in [0.15, 0.2) is 0 Å². The van der Waals surface area contributed by atoms with Gasteiger partial charge in [0.1, 0.15) is 6.29 Å². The van der Waals surface area contributed by atoms with Crippen LogP contribution in [0.1, 0.15) is 69.5 Å². The lowest BCUT2D eigenvalue weighted by Crippen LogP contribution is -2.46. The van der Waals surface area contributed by atoms with E-state index in [9.17, 15) is 14.4 Å². The van der Waals surface area contributed by atoms with Gasteiger partial charge in [-0.05, 0) is 77.2 Å². The van der Waals surface area contributed by atoms with Gasteiger partial charge in [-0.25, -0.2) is 0 Å². The van der Waals surface area contributed by atoms with Gasteiger partial charge in [-0.15, -0.1) is 12.3 Å². The minimum Gasteiger partial charge on any atom is -0.352 e. The molecule has 34 heavy (non-hydrogen) atoms. The van der Waals surface area contributed by atoms with E-state index in [1.165, 1.54) is 36.9 Å². The van der Waals surface area contributed by atoms with E-state index in [2.05, 4.69) is 58.9 Å². The molecule has 1 aromatic carbocycles. The van der Waals surface area contributed by atoms with Crippen molar-refractivity contribution in [3.8, 4) is 12.3 Å². The predicted molar refractivity (Wildman–Crippen MR) is 137 cm³/mol. The number of carbonyl (C=O) groups is 3. The number of nitrogens with zero attached hydrogens (tertiary/aromatic N) is 1. The lowest BCUT2D eigenvalue weighted by molar-refractivity contribution is -0.125. The average molecular weight is 471 g/mol. The van der Waals surface area contributed by atoms with Gasteiger partial charge in [-0.3, -0.25) is 9.59 Å². The van der Waals surface area contributed by atoms with Crippen LogP contribution in [0.4, 0.5) is 0 Å². The summed E-state index contributed by atoms with van der Waals surface area (Å²) in [5.74, 6) is 2.14. The molecule has 3 N–H and O–H groups in total. The molecule has 7 nitrogen and oxygen atoms in total. The second-order valence-electron chi connectivity index (χ2n) is 8.81. The van der Waals surface area contributed by atoms with Crippen LogP contribution >= 0.6 is 0 Å². The van der Waals surface area contributed by atoms with Gasteiger partial charge in [-0.2, -0.15) is 0 Å². The third-order valence-corrected chi connectivity index (χ3v) is 6.43. The molecule has 1 aliphatic heterocycles. The molecule has 1 fully saturated rings. The van der Waals surface area contributed by atoms with Gasteiger partial charge in [-0.1, -0.05) is 31.2 Å². The van der Waals surface area contributed by atoms with Crippen molar-refractivity contribution in [2.75, 3.05) is 20.6 Å². The molecule has 0 radical (unpaired) electrons. The number of amides is 2. The van der Waals surface area contributed by atoms with Crippen molar-refractivity contribution in [2.24, 2.45) is 0 Å². The van der Waals surface area contributed by atoms with Gasteiger partial charge >= 0.3 is 0 Å². The summed E-state index contributed by atoms with van der Waals surface area (Å²) in [5, 5.41) is 8.26. The van der Waals surface area contributed by atoms with Crippen LogP contribution in [-0.4, -0.2) is 62.3 Å². The van der Waals surface area contributed by atoms with Crippen LogP contribution in [0.25, 0.3) is 0 Å². The van der Waals surface area contributed by atoms with Gasteiger partial charge < -0.3 is 25.6 Å². The molecule has 3 rings (SSSR count). The molecule has 0 spiro atoms. The van der Waals surface area contributed by atoms with Crippen molar-refractivity contribution in [3.63, 3.8) is 0 Å². The van der Waals surface area contributed by atoms with Crippen LogP contribution in [0.5, 0.6) is 0 Å². The lowest BCUT2D eigenvalue weighted by atomic mass is 9.88. The predicted octanol–water partition coefficient (Wildman–Crippen LogP) is 2.60. The number of benzene rings is 1. The molecule has 1 aromatic rings. The van der Waals surface area contributed by atoms with Crippen LogP contribution in [0.15, 0.2) is 24.3 Å². The van der Waals surface area contributed by atoms with E-state index < -0.39 is 6.04 Å². The highest BCUT2D eigenvalue weighted by molar-refractivity contribution is 5.84. The molecule has 2 aliphatic rings. The van der Waals surface area contributed by atoms with E-state index in [0.29, 0.717) is 12.7 Å². The average Bonchev–Trinajstić information content (AvgIpc) is 3.23. The highest BCUT2D eigenvalue weighted by Crippen LogP contribution is 2.28. The Labute approximate surface area is 205 Å². The second kappa shape index (κ2) is 16.9. The normalized spacial score (nSPS) is 20.6. The van der Waals surface area contributed by atoms with E-state index in [4.69, 9.17) is 6.42 Å². The Hall–Kier alpha value is -2.69. The molecular weight excluding hydrogens is 428 g/mol. The van der Waals surface area contributed by atoms with Crippen LogP contribution in [0, 0.1) is 12.3 Å². The summed E-state index contributed by atoms with van der Waals surface area (Å²) in [6, 6.07) is 8.59. The number of fused-ring (bicyclic) bond motifs is 1. The molecule has 1 saturated heterocycles. The Morgan fingerprint density at radius 3 is 2.50 bits per heavy atom. The van der Waals surface area contributed by atoms with E-state index in [1.54, 1.807) is 7.05 Å². The zero-order chi connectivity index (χ0) is 25.3. The van der Waals surface area contributed by atoms with Crippen molar-refractivity contribution in [1.29, 1.82) is 0 Å². The number of likely N-dealkylation sites (tertiary alicyclic amines) is 1. The lowest BCUT2D eigenvalue weighted by Gasteiger charge is -2.24. The second-order valence-corrected chi connectivity index (χ2v) is 8.81. The number of nitrogens with one attached hydrogen (secondary N) is 3. The highest BCUT2D eigenvalue weighted by atomic mass is 16.2. The monoisotopic (exact) mass is 470 g/mol. The maximum absolute atomic E-state index is 11.4. The van der Waals surface area contributed by atoms with Gasteiger partial charge in [0.2, 0.25) is 12.3 Å². The van der Waals surface area contributed by atoms with Crippen molar-refractivity contribution in [1.82, 2.24) is 20.9 Å². The highest BCUT2D eigenvalue weighted by Gasteiger charge is 2.18. The smallest absolute Gasteiger partial charge is 0.237 e. The van der Waals surface area contributed by atoms with Crippen LogP contribution in [0.3, 0.4) is 0 Å². The third kappa shape index (κ3) is 10.1. The fraction of sp³-hybridized carbons (Fsp3) is 0.593. The third-order valence-electron chi connectivity index (χ3n) is 6.43. The summed E-state index contributed by atoms with van der Waals surface area (Å²) >= 11 is 0. The Balaban J connectivity index is 0.000000268. The van der Waals surface area contributed by atoms with Gasteiger partial charge in [0, 0.05) is 12.5 Å². The Morgan fingerprint density at radius 2 is 2.00 bits per heavy atom. The van der Waals surface area contributed by atoms with Crippen molar-refractivity contribution >= 4 is 18.6 Å². The summed E-state index contributed by atoms with van der Waals surface area (Å²) in [7, 11) is 3.89. The number of hydrogen-bond donors (Lipinski definition) is 3. The first-order valence-corrected chi connectivity index (χ1v) is 12.3. The van der Waals surface area contributed by atoms with Crippen molar-refractivity contribution in [2.45, 2.75) is 83.0 Å². The molecule has 4 atom stereocenters. The fourth-order valence-corrected chi connectivity index (χ4v) is 4.15. The first-order valence-electron chi connectivity index (χ1n) is 12.3. The maximum atomic E-state index is 11.4. The fourth-order valence-electron chi connectivity index (χ4n) is 4.15. The van der Waals surface area contributed by atoms with Crippen molar-refractivity contribution in [3.05, 3.63) is 35.4 Å². The first kappa shape index (κ1) is 29.3. The zero-order valence-corrected chi connectivity index (χ0v) is 21.2. The topological polar surface area (TPSA) is 90.5 Å². The number of hydrogen-bond acceptors (Lipinski definition) is 5. The molecule has 1 aliphatic carbocycles. The summed E-state index contributed by atoms with van der Waals surface area (Å²) in [6.07, 6.45) is 13.6. The maximum Gasteiger partial charge on any atom is 0.237 e. The van der Waals surface area contributed by atoms with Gasteiger partial charge in [0.05, 0.1) is 18.1 Å². The van der Waals surface area contributed by atoms with E-state index in [-0.39, 0.29) is 24.4 Å². The quantitative estimate of drug-likeness (QED) is 0.401. The minimum absolute atomic E-state index is 0.192. The van der Waals surface area contributed by atoms with Crippen LogP contribution in [-0.2, 0) is 20.8 Å².